The summed E-state index contributed by atoms with van der Waals surface area (Å²) in [7, 11) is 0. The molecule has 0 aliphatic carbocycles. The van der Waals surface area contributed by atoms with E-state index in [1.807, 2.05) is 59.7 Å². The van der Waals surface area contributed by atoms with Gasteiger partial charge in [-0.15, -0.1) is 11.8 Å². The van der Waals surface area contributed by atoms with E-state index < -0.39 is 0 Å². The Hall–Kier alpha value is -2.27. The van der Waals surface area contributed by atoms with Crippen LogP contribution in [0.2, 0.25) is 0 Å². The molecule has 0 saturated carbocycles. The largest absolute Gasteiger partial charge is 0.325 e. The average Bonchev–Trinajstić information content (AvgIpc) is 2.59. The molecule has 27 heavy (non-hydrogen) atoms. The van der Waals surface area contributed by atoms with E-state index in [2.05, 4.69) is 22.8 Å². The van der Waals surface area contributed by atoms with Crippen LogP contribution in [0.15, 0.2) is 30.3 Å². The lowest BCUT2D eigenvalue weighted by atomic mass is 10.1. The maximum absolute atomic E-state index is 12.5. The van der Waals surface area contributed by atoms with Crippen molar-refractivity contribution < 1.29 is 9.59 Å². The van der Waals surface area contributed by atoms with E-state index in [0.29, 0.717) is 0 Å². The van der Waals surface area contributed by atoms with Gasteiger partial charge in [0.15, 0.2) is 0 Å². The lowest BCUT2D eigenvalue weighted by Gasteiger charge is -2.16. The van der Waals surface area contributed by atoms with Gasteiger partial charge in [-0.3, -0.25) is 9.59 Å². The highest BCUT2D eigenvalue weighted by atomic mass is 32.2. The van der Waals surface area contributed by atoms with Gasteiger partial charge in [-0.2, -0.15) is 0 Å². The number of hydrogen-bond acceptors (Lipinski definition) is 3. The number of rotatable bonds is 6. The fourth-order valence-electron chi connectivity index (χ4n) is 2.89. The number of hydrogen-bond donors (Lipinski definition) is 2. The SMILES string of the molecule is Cc1cc(C)c(NC(=O)C(C)SCC(=O)Nc2ccc(C)c(C)c2)c(C)c1. The van der Waals surface area contributed by atoms with Crippen LogP contribution in [-0.4, -0.2) is 22.8 Å². The summed E-state index contributed by atoms with van der Waals surface area (Å²) >= 11 is 1.33. The maximum Gasteiger partial charge on any atom is 0.237 e. The van der Waals surface area contributed by atoms with Crippen LogP contribution in [0.4, 0.5) is 11.4 Å². The van der Waals surface area contributed by atoms with Crippen LogP contribution >= 0.6 is 11.8 Å². The Morgan fingerprint density at radius 1 is 0.889 bits per heavy atom. The lowest BCUT2D eigenvalue weighted by Crippen LogP contribution is -2.25. The van der Waals surface area contributed by atoms with Crippen molar-refractivity contribution in [2.24, 2.45) is 0 Å². The fraction of sp³-hybridized carbons (Fsp3) is 0.364. The molecule has 1 unspecified atom stereocenters. The molecule has 0 heterocycles. The zero-order valence-corrected chi connectivity index (χ0v) is 17.7. The van der Waals surface area contributed by atoms with Crippen molar-refractivity contribution in [3.05, 3.63) is 58.1 Å². The Morgan fingerprint density at radius 3 is 2.11 bits per heavy atom. The summed E-state index contributed by atoms with van der Waals surface area (Å²) in [4.78, 5) is 24.7. The molecule has 0 fully saturated rings. The van der Waals surface area contributed by atoms with Gasteiger partial charge in [-0.05, 0) is 75.9 Å². The Morgan fingerprint density at radius 2 is 1.52 bits per heavy atom. The quantitative estimate of drug-likeness (QED) is 0.742. The smallest absolute Gasteiger partial charge is 0.237 e. The van der Waals surface area contributed by atoms with E-state index in [0.717, 1.165) is 28.1 Å². The van der Waals surface area contributed by atoms with Gasteiger partial charge in [0.2, 0.25) is 11.8 Å². The van der Waals surface area contributed by atoms with Gasteiger partial charge >= 0.3 is 0 Å². The first-order valence-corrected chi connectivity index (χ1v) is 10.1. The Bertz CT molecular complexity index is 838. The summed E-state index contributed by atoms with van der Waals surface area (Å²) in [6.07, 6.45) is 0. The molecule has 2 amide bonds. The first-order valence-electron chi connectivity index (χ1n) is 9.04. The van der Waals surface area contributed by atoms with Gasteiger partial charge in [0, 0.05) is 11.4 Å². The topological polar surface area (TPSA) is 58.2 Å². The minimum atomic E-state index is -0.324. The van der Waals surface area contributed by atoms with E-state index in [-0.39, 0.29) is 22.8 Å². The van der Waals surface area contributed by atoms with Gasteiger partial charge in [0.25, 0.3) is 0 Å². The first-order chi connectivity index (χ1) is 12.7. The van der Waals surface area contributed by atoms with Gasteiger partial charge < -0.3 is 10.6 Å². The normalized spacial score (nSPS) is 11.8. The van der Waals surface area contributed by atoms with Crippen molar-refractivity contribution in [2.45, 2.75) is 46.8 Å². The number of benzene rings is 2. The Labute approximate surface area is 166 Å². The molecular weight excluding hydrogens is 356 g/mol. The summed E-state index contributed by atoms with van der Waals surface area (Å²) in [6, 6.07) is 9.94. The molecule has 0 aliphatic heterocycles. The van der Waals surface area contributed by atoms with Crippen molar-refractivity contribution in [3.63, 3.8) is 0 Å². The Balaban J connectivity index is 1.89. The van der Waals surface area contributed by atoms with Gasteiger partial charge in [-0.25, -0.2) is 0 Å². The molecule has 2 rings (SSSR count). The van der Waals surface area contributed by atoms with Crippen LogP contribution in [-0.2, 0) is 9.59 Å². The standard InChI is InChI=1S/C22H28N2O2S/c1-13-9-16(4)21(17(5)10-13)24-22(26)18(6)27-12-20(25)23-19-8-7-14(2)15(3)11-19/h7-11,18H,12H2,1-6H3,(H,23,25)(H,24,26). The van der Waals surface area contributed by atoms with Crippen molar-refractivity contribution in [3.8, 4) is 0 Å². The van der Waals surface area contributed by atoms with Crippen LogP contribution in [0.5, 0.6) is 0 Å². The molecule has 1 atom stereocenters. The maximum atomic E-state index is 12.5. The average molecular weight is 385 g/mol. The lowest BCUT2D eigenvalue weighted by molar-refractivity contribution is -0.115. The molecule has 0 saturated heterocycles. The molecular formula is C22H28N2O2S. The zero-order valence-electron chi connectivity index (χ0n) is 16.9. The third kappa shape index (κ3) is 5.86. The zero-order chi connectivity index (χ0) is 20.1. The minimum absolute atomic E-state index is 0.0889. The van der Waals surface area contributed by atoms with Crippen LogP contribution in [0.3, 0.4) is 0 Å². The number of nitrogens with one attached hydrogen (secondary N) is 2. The van der Waals surface area contributed by atoms with E-state index in [1.54, 1.807) is 0 Å². The van der Waals surface area contributed by atoms with E-state index in [1.165, 1.54) is 22.9 Å². The van der Waals surface area contributed by atoms with Crippen molar-refractivity contribution in [1.82, 2.24) is 0 Å². The molecule has 0 radical (unpaired) electrons. The van der Waals surface area contributed by atoms with E-state index in [9.17, 15) is 9.59 Å². The number of amides is 2. The molecule has 0 bridgehead atoms. The summed E-state index contributed by atoms with van der Waals surface area (Å²) in [6.45, 7) is 11.9. The predicted octanol–water partition coefficient (Wildman–Crippen LogP) is 4.93. The molecule has 0 aliphatic rings. The highest BCUT2D eigenvalue weighted by Gasteiger charge is 2.17. The van der Waals surface area contributed by atoms with Crippen LogP contribution in [0.25, 0.3) is 0 Å². The molecule has 5 heteroatoms. The number of aryl methyl sites for hydroxylation is 5. The number of carbonyl (C=O) groups excluding carboxylic acids is 2. The molecule has 0 aromatic heterocycles. The van der Waals surface area contributed by atoms with E-state index >= 15 is 0 Å². The number of thioether (sulfide) groups is 1. The molecule has 2 aromatic rings. The van der Waals surface area contributed by atoms with Crippen LogP contribution in [0, 0.1) is 34.6 Å². The fourth-order valence-corrected chi connectivity index (χ4v) is 3.58. The molecule has 2 N–H and O–H groups in total. The highest BCUT2D eigenvalue weighted by Crippen LogP contribution is 2.23. The van der Waals surface area contributed by atoms with Gasteiger partial charge in [0.05, 0.1) is 11.0 Å². The van der Waals surface area contributed by atoms with Crippen molar-refractivity contribution in [1.29, 1.82) is 0 Å². The summed E-state index contributed by atoms with van der Waals surface area (Å²) < 4.78 is 0. The monoisotopic (exact) mass is 384 g/mol. The van der Waals surface area contributed by atoms with E-state index in [4.69, 9.17) is 0 Å². The molecule has 144 valence electrons. The second kappa shape index (κ2) is 9.09. The third-order valence-corrected chi connectivity index (χ3v) is 5.69. The highest BCUT2D eigenvalue weighted by molar-refractivity contribution is 8.01. The predicted molar refractivity (Wildman–Crippen MR) is 116 cm³/mol. The Kier molecular flexibility index (Phi) is 7.08. The first kappa shape index (κ1) is 21.0. The number of anilines is 2. The minimum Gasteiger partial charge on any atom is -0.325 e. The third-order valence-electron chi connectivity index (χ3n) is 4.55. The van der Waals surface area contributed by atoms with Crippen LogP contribution in [0.1, 0.15) is 34.7 Å². The second-order valence-corrected chi connectivity index (χ2v) is 8.39. The second-order valence-electron chi connectivity index (χ2n) is 7.06. The van der Waals surface area contributed by atoms with Crippen LogP contribution < -0.4 is 10.6 Å². The van der Waals surface area contributed by atoms with Crippen molar-refractivity contribution >= 4 is 35.0 Å². The van der Waals surface area contributed by atoms with Gasteiger partial charge in [-0.1, -0.05) is 23.8 Å². The molecule has 4 nitrogen and oxygen atoms in total. The molecule has 0 spiro atoms. The number of carbonyl (C=O) groups is 2. The summed E-state index contributed by atoms with van der Waals surface area (Å²) in [5.41, 5.74) is 7.24. The summed E-state index contributed by atoms with van der Waals surface area (Å²) in [5.74, 6) is 0.0348. The van der Waals surface area contributed by atoms with Crippen molar-refractivity contribution in [2.75, 3.05) is 16.4 Å². The van der Waals surface area contributed by atoms with Gasteiger partial charge in [0.1, 0.15) is 0 Å². The molecule has 2 aromatic carbocycles. The summed E-state index contributed by atoms with van der Waals surface area (Å²) in [5, 5.41) is 5.56.